The highest BCUT2D eigenvalue weighted by Crippen LogP contribution is 2.25. The quantitative estimate of drug-likeness (QED) is 0.441. The highest BCUT2D eigenvalue weighted by molar-refractivity contribution is 5.73. The van der Waals surface area contributed by atoms with Gasteiger partial charge in [0.25, 0.3) is 0 Å². The summed E-state index contributed by atoms with van der Waals surface area (Å²) in [5.74, 6) is -0.205. The van der Waals surface area contributed by atoms with E-state index in [0.29, 0.717) is 26.1 Å². The van der Waals surface area contributed by atoms with Crippen molar-refractivity contribution in [1.82, 2.24) is 10.6 Å². The van der Waals surface area contributed by atoms with Crippen LogP contribution in [-0.2, 0) is 38.0 Å². The first-order valence-corrected chi connectivity index (χ1v) is 11.4. The molecule has 2 fully saturated rings. The van der Waals surface area contributed by atoms with Crippen LogP contribution in [0.3, 0.4) is 0 Å². The maximum absolute atomic E-state index is 11.6. The summed E-state index contributed by atoms with van der Waals surface area (Å²) < 4.78 is 34.4. The van der Waals surface area contributed by atoms with Crippen LogP contribution in [0.1, 0.15) is 53.4 Å². The van der Waals surface area contributed by atoms with Crippen LogP contribution in [0.4, 0.5) is 0 Å². The number of nitrogens with one attached hydrogen (secondary N) is 2. The molecule has 0 unspecified atom stereocenters. The Hall–Kier alpha value is -1.30. The summed E-state index contributed by atoms with van der Waals surface area (Å²) in [7, 11) is 3.18. The summed E-state index contributed by atoms with van der Waals surface area (Å²) >= 11 is 0. The molecular weight excluding hydrogens is 420 g/mol. The molecule has 0 radical (unpaired) electrons. The summed E-state index contributed by atoms with van der Waals surface area (Å²) in [6.07, 6.45) is 1.06. The Balaban J connectivity index is 1.76. The first kappa shape index (κ1) is 26.9. The molecule has 10 heteroatoms. The average Bonchev–Trinajstić information content (AvgIpc) is 2.72. The molecule has 0 aliphatic carbocycles. The molecule has 186 valence electrons. The van der Waals surface area contributed by atoms with E-state index in [1.54, 1.807) is 14.2 Å². The minimum Gasteiger partial charge on any atom is -0.373 e. The number of methoxy groups -OCH3 is 2. The average molecular weight is 461 g/mol. The Morgan fingerprint density at radius 2 is 1.16 bits per heavy atom. The molecule has 2 amide bonds. The van der Waals surface area contributed by atoms with Crippen molar-refractivity contribution in [3.63, 3.8) is 0 Å². The zero-order chi connectivity index (χ0) is 23.7. The van der Waals surface area contributed by atoms with Crippen LogP contribution < -0.4 is 10.6 Å². The lowest BCUT2D eigenvalue weighted by atomic mass is 9.99. The molecular formula is C22H40N2O8. The van der Waals surface area contributed by atoms with Crippen LogP contribution in [0.25, 0.3) is 0 Å². The lowest BCUT2D eigenvalue weighted by Gasteiger charge is -2.40. The Kier molecular flexibility index (Phi) is 11.3. The number of hydrogen-bond donors (Lipinski definition) is 2. The smallest absolute Gasteiger partial charge is 0.217 e. The fraction of sp³-hybridized carbons (Fsp3) is 0.909. The van der Waals surface area contributed by atoms with E-state index in [1.807, 2.05) is 13.8 Å². The number of carbonyl (C=O) groups excluding carboxylic acids is 2. The number of carbonyl (C=O) groups is 2. The van der Waals surface area contributed by atoms with E-state index in [2.05, 4.69) is 10.6 Å². The fourth-order valence-corrected chi connectivity index (χ4v) is 4.34. The van der Waals surface area contributed by atoms with Crippen molar-refractivity contribution in [2.45, 2.75) is 102 Å². The molecule has 2 aliphatic heterocycles. The minimum atomic E-state index is -0.357. The van der Waals surface area contributed by atoms with E-state index in [-0.39, 0.29) is 60.9 Å². The molecule has 2 aliphatic rings. The SMILES string of the molecule is CO[C@@H]1C[C@H](NC(C)=O)[C@H](OCCCCO[C@H]2[C@@H](NC(C)=O)C[C@@H](OC)O[C@H]2C)[C@H](C)O1. The second-order valence-corrected chi connectivity index (χ2v) is 8.48. The molecule has 0 bridgehead atoms. The van der Waals surface area contributed by atoms with Gasteiger partial charge in [-0.3, -0.25) is 9.59 Å². The topological polar surface area (TPSA) is 114 Å². The Bertz CT molecular complexity index is 542. The van der Waals surface area contributed by atoms with E-state index in [0.717, 1.165) is 12.8 Å². The lowest BCUT2D eigenvalue weighted by molar-refractivity contribution is -0.226. The first-order valence-electron chi connectivity index (χ1n) is 11.4. The molecule has 0 aromatic rings. The number of unbranched alkanes of at least 4 members (excludes halogenated alkanes) is 1. The van der Waals surface area contributed by atoms with Crippen LogP contribution >= 0.6 is 0 Å². The fourth-order valence-electron chi connectivity index (χ4n) is 4.34. The van der Waals surface area contributed by atoms with E-state index in [9.17, 15) is 9.59 Å². The van der Waals surface area contributed by atoms with E-state index in [1.165, 1.54) is 13.8 Å². The van der Waals surface area contributed by atoms with Crippen LogP contribution in [-0.4, -0.2) is 88.3 Å². The van der Waals surface area contributed by atoms with E-state index in [4.69, 9.17) is 28.4 Å². The van der Waals surface area contributed by atoms with Gasteiger partial charge in [0.1, 0.15) is 12.2 Å². The monoisotopic (exact) mass is 460 g/mol. The third-order valence-corrected chi connectivity index (χ3v) is 5.81. The van der Waals surface area contributed by atoms with Gasteiger partial charge >= 0.3 is 0 Å². The zero-order valence-corrected chi connectivity index (χ0v) is 20.1. The van der Waals surface area contributed by atoms with Crippen LogP contribution in [0, 0.1) is 0 Å². The van der Waals surface area contributed by atoms with Crippen molar-refractivity contribution in [2.24, 2.45) is 0 Å². The largest absolute Gasteiger partial charge is 0.373 e. The molecule has 32 heavy (non-hydrogen) atoms. The molecule has 10 nitrogen and oxygen atoms in total. The van der Waals surface area contributed by atoms with Gasteiger partial charge in [0.2, 0.25) is 11.8 Å². The number of ether oxygens (including phenoxy) is 6. The van der Waals surface area contributed by atoms with Crippen LogP contribution in [0.15, 0.2) is 0 Å². The van der Waals surface area contributed by atoms with Crippen LogP contribution in [0.5, 0.6) is 0 Å². The Morgan fingerprint density at radius 1 is 0.781 bits per heavy atom. The highest BCUT2D eigenvalue weighted by atomic mass is 16.7. The second-order valence-electron chi connectivity index (χ2n) is 8.48. The van der Waals surface area contributed by atoms with Crippen molar-refractivity contribution in [1.29, 1.82) is 0 Å². The molecule has 2 heterocycles. The molecule has 0 aromatic heterocycles. The number of rotatable bonds is 11. The first-order chi connectivity index (χ1) is 15.2. The molecule has 8 atom stereocenters. The van der Waals surface area contributed by atoms with Gasteiger partial charge in [0.05, 0.1) is 24.3 Å². The number of hydrogen-bond acceptors (Lipinski definition) is 8. The maximum atomic E-state index is 11.6. The summed E-state index contributed by atoms with van der Waals surface area (Å²) in [6, 6.07) is -0.324. The number of amides is 2. The Morgan fingerprint density at radius 3 is 1.47 bits per heavy atom. The zero-order valence-electron chi connectivity index (χ0n) is 20.1. The van der Waals surface area contributed by atoms with E-state index < -0.39 is 0 Å². The third-order valence-electron chi connectivity index (χ3n) is 5.81. The van der Waals surface area contributed by atoms with Gasteiger partial charge in [-0.1, -0.05) is 0 Å². The van der Waals surface area contributed by atoms with Gasteiger partial charge in [-0.05, 0) is 26.7 Å². The molecule has 2 N–H and O–H groups in total. The van der Waals surface area contributed by atoms with Crippen molar-refractivity contribution in [2.75, 3.05) is 27.4 Å². The Labute approximate surface area is 190 Å². The second kappa shape index (κ2) is 13.4. The van der Waals surface area contributed by atoms with Gasteiger partial charge in [-0.2, -0.15) is 0 Å². The molecule has 2 saturated heterocycles. The summed E-state index contributed by atoms with van der Waals surface area (Å²) in [4.78, 5) is 23.1. The minimum absolute atomic E-state index is 0.103. The van der Waals surface area contributed by atoms with Gasteiger partial charge in [0, 0.05) is 54.1 Å². The van der Waals surface area contributed by atoms with Gasteiger partial charge < -0.3 is 39.1 Å². The lowest BCUT2D eigenvalue weighted by Crippen LogP contribution is -2.56. The van der Waals surface area contributed by atoms with Crippen molar-refractivity contribution >= 4 is 11.8 Å². The molecule has 0 spiro atoms. The molecule has 2 rings (SSSR count). The van der Waals surface area contributed by atoms with Crippen molar-refractivity contribution in [3.8, 4) is 0 Å². The highest BCUT2D eigenvalue weighted by Gasteiger charge is 2.39. The van der Waals surface area contributed by atoms with Crippen molar-refractivity contribution < 1.29 is 38.0 Å². The van der Waals surface area contributed by atoms with Crippen LogP contribution in [0.2, 0.25) is 0 Å². The predicted molar refractivity (Wildman–Crippen MR) is 116 cm³/mol. The summed E-state index contributed by atoms with van der Waals surface area (Å²) in [5, 5.41) is 5.90. The third kappa shape index (κ3) is 8.24. The molecule has 0 aromatic carbocycles. The predicted octanol–water partition coefficient (Wildman–Crippen LogP) is 1.11. The van der Waals surface area contributed by atoms with Gasteiger partial charge in [-0.25, -0.2) is 0 Å². The van der Waals surface area contributed by atoms with Gasteiger partial charge in [0.15, 0.2) is 12.6 Å². The standard InChI is InChI=1S/C22H40N2O8/c1-13-21(17(23-15(3)25)11-19(27-5)31-13)29-9-7-8-10-30-22-14(2)32-20(28-6)12-18(22)24-16(4)26/h13-14,17-22H,7-12H2,1-6H3,(H,23,25)(H,24,26)/t13-,14-,17-,18-,19-,20-,21+,22+/m0/s1. The summed E-state index contributed by atoms with van der Waals surface area (Å²) in [5.41, 5.74) is 0. The molecule has 0 saturated carbocycles. The summed E-state index contributed by atoms with van der Waals surface area (Å²) in [6.45, 7) is 7.88. The van der Waals surface area contributed by atoms with E-state index >= 15 is 0 Å². The van der Waals surface area contributed by atoms with Gasteiger partial charge in [-0.15, -0.1) is 0 Å². The van der Waals surface area contributed by atoms with Crippen molar-refractivity contribution in [3.05, 3.63) is 0 Å². The normalized spacial score (nSPS) is 35.3. The maximum Gasteiger partial charge on any atom is 0.217 e.